The van der Waals surface area contributed by atoms with Crippen LogP contribution in [-0.2, 0) is 9.53 Å². The SMILES string of the molecule is COC(=O)/C=C/CNc1ccccc1Cl. The van der Waals surface area contributed by atoms with E-state index < -0.39 is 0 Å². The molecule has 0 spiro atoms. The summed E-state index contributed by atoms with van der Waals surface area (Å²) < 4.78 is 4.45. The van der Waals surface area contributed by atoms with Crippen molar-refractivity contribution in [2.24, 2.45) is 0 Å². The first-order valence-electron chi connectivity index (χ1n) is 4.47. The van der Waals surface area contributed by atoms with E-state index in [-0.39, 0.29) is 5.97 Å². The molecule has 0 radical (unpaired) electrons. The van der Waals surface area contributed by atoms with Crippen LogP contribution in [0.15, 0.2) is 36.4 Å². The summed E-state index contributed by atoms with van der Waals surface area (Å²) in [5.41, 5.74) is 0.841. The number of carbonyl (C=O) groups is 1. The van der Waals surface area contributed by atoms with Crippen LogP contribution in [-0.4, -0.2) is 19.6 Å². The number of methoxy groups -OCH3 is 1. The lowest BCUT2D eigenvalue weighted by atomic mass is 10.3. The van der Waals surface area contributed by atoms with Gasteiger partial charge in [0.25, 0.3) is 0 Å². The number of halogens is 1. The number of esters is 1. The van der Waals surface area contributed by atoms with Crippen LogP contribution in [0, 0.1) is 0 Å². The lowest BCUT2D eigenvalue weighted by Gasteiger charge is -2.04. The van der Waals surface area contributed by atoms with Crippen LogP contribution >= 0.6 is 11.6 Å². The Balaban J connectivity index is 2.41. The quantitative estimate of drug-likeness (QED) is 0.632. The highest BCUT2D eigenvalue weighted by molar-refractivity contribution is 6.33. The van der Waals surface area contributed by atoms with Gasteiger partial charge in [0.1, 0.15) is 0 Å². The molecule has 1 N–H and O–H groups in total. The van der Waals surface area contributed by atoms with Crippen LogP contribution in [0.25, 0.3) is 0 Å². The molecular formula is C11H12ClNO2. The Morgan fingerprint density at radius 2 is 2.27 bits per heavy atom. The van der Waals surface area contributed by atoms with Gasteiger partial charge in [0.15, 0.2) is 0 Å². The van der Waals surface area contributed by atoms with Crippen molar-refractivity contribution in [1.82, 2.24) is 0 Å². The first kappa shape index (κ1) is 11.6. The third-order valence-electron chi connectivity index (χ3n) is 1.74. The molecule has 0 atom stereocenters. The highest BCUT2D eigenvalue weighted by Gasteiger charge is 1.95. The molecule has 0 aliphatic carbocycles. The number of rotatable bonds is 4. The Morgan fingerprint density at radius 3 is 2.93 bits per heavy atom. The Morgan fingerprint density at radius 1 is 1.53 bits per heavy atom. The van der Waals surface area contributed by atoms with Gasteiger partial charge in [-0.15, -0.1) is 0 Å². The average molecular weight is 226 g/mol. The molecule has 0 saturated heterocycles. The normalized spacial score (nSPS) is 10.3. The van der Waals surface area contributed by atoms with E-state index in [1.165, 1.54) is 13.2 Å². The maximum Gasteiger partial charge on any atom is 0.330 e. The largest absolute Gasteiger partial charge is 0.466 e. The second kappa shape index (κ2) is 6.09. The van der Waals surface area contributed by atoms with Gasteiger partial charge in [-0.3, -0.25) is 0 Å². The summed E-state index contributed by atoms with van der Waals surface area (Å²) in [4.78, 5) is 10.7. The molecule has 0 aliphatic rings. The molecule has 0 unspecified atom stereocenters. The van der Waals surface area contributed by atoms with E-state index in [0.717, 1.165) is 5.69 Å². The van der Waals surface area contributed by atoms with E-state index in [4.69, 9.17) is 11.6 Å². The third kappa shape index (κ3) is 4.04. The standard InChI is InChI=1S/C11H12ClNO2/c1-15-11(14)7-4-8-13-10-6-3-2-5-9(10)12/h2-7,13H,8H2,1H3/b7-4+. The molecule has 1 aromatic rings. The number of anilines is 1. The number of hydrogen-bond acceptors (Lipinski definition) is 3. The number of nitrogens with one attached hydrogen (secondary N) is 1. The molecule has 15 heavy (non-hydrogen) atoms. The molecule has 0 saturated carbocycles. The fraction of sp³-hybridized carbons (Fsp3) is 0.182. The van der Waals surface area contributed by atoms with E-state index >= 15 is 0 Å². The molecule has 0 aromatic heterocycles. The molecule has 1 aromatic carbocycles. The number of benzene rings is 1. The molecule has 0 fully saturated rings. The zero-order chi connectivity index (χ0) is 11.1. The topological polar surface area (TPSA) is 38.3 Å². The van der Waals surface area contributed by atoms with Gasteiger partial charge in [0.2, 0.25) is 0 Å². The van der Waals surface area contributed by atoms with Gasteiger partial charge >= 0.3 is 5.97 Å². The summed E-state index contributed by atoms with van der Waals surface area (Å²) in [5, 5.41) is 3.72. The van der Waals surface area contributed by atoms with E-state index in [9.17, 15) is 4.79 Å². The van der Waals surface area contributed by atoms with Gasteiger partial charge in [0.05, 0.1) is 17.8 Å². The molecule has 3 nitrogen and oxygen atoms in total. The Kier molecular flexibility index (Phi) is 4.71. The molecule has 0 aliphatic heterocycles. The van der Waals surface area contributed by atoms with Crippen molar-refractivity contribution in [2.45, 2.75) is 0 Å². The van der Waals surface area contributed by atoms with Crippen LogP contribution in [0.2, 0.25) is 5.02 Å². The highest BCUT2D eigenvalue weighted by Crippen LogP contribution is 2.19. The molecule has 80 valence electrons. The van der Waals surface area contributed by atoms with Crippen LogP contribution in [0.1, 0.15) is 0 Å². The Bertz CT molecular complexity index is 363. The summed E-state index contributed by atoms with van der Waals surface area (Å²) in [6.07, 6.45) is 3.04. The lowest BCUT2D eigenvalue weighted by Crippen LogP contribution is -2.00. The molecule has 1 rings (SSSR count). The maximum absolute atomic E-state index is 10.7. The second-order valence-electron chi connectivity index (χ2n) is 2.79. The van der Waals surface area contributed by atoms with Crippen LogP contribution in [0.4, 0.5) is 5.69 Å². The van der Waals surface area contributed by atoms with Gasteiger partial charge in [-0.2, -0.15) is 0 Å². The van der Waals surface area contributed by atoms with E-state index in [2.05, 4.69) is 10.1 Å². The summed E-state index contributed by atoms with van der Waals surface area (Å²) in [7, 11) is 1.34. The Labute approximate surface area is 93.7 Å². The predicted molar refractivity (Wildman–Crippen MR) is 61.1 cm³/mol. The minimum absolute atomic E-state index is 0.365. The fourth-order valence-corrected chi connectivity index (χ4v) is 1.20. The van der Waals surface area contributed by atoms with Gasteiger partial charge in [-0.05, 0) is 12.1 Å². The van der Waals surface area contributed by atoms with Crippen molar-refractivity contribution < 1.29 is 9.53 Å². The first-order chi connectivity index (χ1) is 7.24. The van der Waals surface area contributed by atoms with Gasteiger partial charge in [-0.25, -0.2) is 4.79 Å². The summed E-state index contributed by atoms with van der Waals surface area (Å²) in [5.74, 6) is -0.365. The van der Waals surface area contributed by atoms with E-state index in [1.54, 1.807) is 12.1 Å². The smallest absolute Gasteiger partial charge is 0.330 e. The van der Waals surface area contributed by atoms with Crippen molar-refractivity contribution in [1.29, 1.82) is 0 Å². The van der Waals surface area contributed by atoms with Gasteiger partial charge < -0.3 is 10.1 Å². The second-order valence-corrected chi connectivity index (χ2v) is 3.19. The van der Waals surface area contributed by atoms with Crippen molar-refractivity contribution >= 4 is 23.3 Å². The first-order valence-corrected chi connectivity index (χ1v) is 4.84. The van der Waals surface area contributed by atoms with E-state index in [0.29, 0.717) is 11.6 Å². The fourth-order valence-electron chi connectivity index (χ4n) is 0.997. The number of para-hydroxylation sites is 1. The third-order valence-corrected chi connectivity index (χ3v) is 2.07. The number of hydrogen-bond donors (Lipinski definition) is 1. The van der Waals surface area contributed by atoms with Gasteiger partial charge in [0, 0.05) is 12.6 Å². The molecule has 4 heteroatoms. The zero-order valence-electron chi connectivity index (χ0n) is 8.37. The van der Waals surface area contributed by atoms with Crippen LogP contribution in [0.3, 0.4) is 0 Å². The lowest BCUT2D eigenvalue weighted by molar-refractivity contribution is -0.134. The van der Waals surface area contributed by atoms with Crippen LogP contribution in [0.5, 0.6) is 0 Å². The summed E-state index contributed by atoms with van der Waals surface area (Å²) >= 11 is 5.91. The van der Waals surface area contributed by atoms with Crippen molar-refractivity contribution in [2.75, 3.05) is 19.0 Å². The Hall–Kier alpha value is -1.48. The van der Waals surface area contributed by atoms with Gasteiger partial charge in [-0.1, -0.05) is 29.8 Å². The van der Waals surface area contributed by atoms with E-state index in [1.807, 2.05) is 18.2 Å². The average Bonchev–Trinajstić information content (AvgIpc) is 2.26. The van der Waals surface area contributed by atoms with Crippen molar-refractivity contribution in [3.8, 4) is 0 Å². The van der Waals surface area contributed by atoms with Crippen LogP contribution < -0.4 is 5.32 Å². The van der Waals surface area contributed by atoms with Crippen molar-refractivity contribution in [3.63, 3.8) is 0 Å². The highest BCUT2D eigenvalue weighted by atomic mass is 35.5. The molecule has 0 bridgehead atoms. The maximum atomic E-state index is 10.7. The minimum atomic E-state index is -0.365. The minimum Gasteiger partial charge on any atom is -0.466 e. The predicted octanol–water partition coefficient (Wildman–Crippen LogP) is 2.48. The summed E-state index contributed by atoms with van der Waals surface area (Å²) in [6.45, 7) is 0.527. The molecule has 0 heterocycles. The zero-order valence-corrected chi connectivity index (χ0v) is 9.12. The summed E-state index contributed by atoms with van der Waals surface area (Å²) in [6, 6.07) is 7.41. The number of ether oxygens (including phenoxy) is 1. The molecular weight excluding hydrogens is 214 g/mol. The molecule has 0 amide bonds. The monoisotopic (exact) mass is 225 g/mol. The number of carbonyl (C=O) groups excluding carboxylic acids is 1. The van der Waals surface area contributed by atoms with Crippen molar-refractivity contribution in [3.05, 3.63) is 41.4 Å².